The number of rotatable bonds is 5. The molecule has 2 unspecified atom stereocenters. The number of hydrogen-bond acceptors (Lipinski definition) is 3. The maximum absolute atomic E-state index is 4.35. The van der Waals surface area contributed by atoms with Gasteiger partial charge in [0, 0.05) is 43.6 Å². The highest BCUT2D eigenvalue weighted by Crippen LogP contribution is 2.18. The van der Waals surface area contributed by atoms with E-state index in [-0.39, 0.29) is 0 Å². The Bertz CT molecular complexity index is 441. The second kappa shape index (κ2) is 7.80. The minimum atomic E-state index is 0.486. The summed E-state index contributed by atoms with van der Waals surface area (Å²) >= 11 is 1.81. The van der Waals surface area contributed by atoms with Crippen molar-refractivity contribution in [1.82, 2.24) is 15.5 Å². The molecule has 0 bridgehead atoms. The van der Waals surface area contributed by atoms with E-state index < -0.39 is 0 Å². The van der Waals surface area contributed by atoms with Crippen molar-refractivity contribution in [3.05, 3.63) is 22.4 Å². The van der Waals surface area contributed by atoms with Crippen molar-refractivity contribution in [2.45, 2.75) is 39.3 Å². The van der Waals surface area contributed by atoms with E-state index in [0.29, 0.717) is 18.0 Å². The molecule has 1 aliphatic heterocycles. The van der Waals surface area contributed by atoms with Crippen LogP contribution in [0.1, 0.15) is 25.6 Å². The van der Waals surface area contributed by atoms with E-state index in [2.05, 4.69) is 58.8 Å². The van der Waals surface area contributed by atoms with Crippen LogP contribution in [0, 0.1) is 5.92 Å². The molecule has 1 saturated heterocycles. The minimum Gasteiger partial charge on any atom is -0.356 e. The Morgan fingerprint density at radius 2 is 2.29 bits per heavy atom. The topological polar surface area (TPSA) is 39.7 Å². The lowest BCUT2D eigenvalue weighted by Crippen LogP contribution is -2.47. The highest BCUT2D eigenvalue weighted by molar-refractivity contribution is 7.09. The zero-order valence-corrected chi connectivity index (χ0v) is 14.4. The second-order valence-electron chi connectivity index (χ2n) is 6.10. The summed E-state index contributed by atoms with van der Waals surface area (Å²) in [6.45, 7) is 10.0. The third-order valence-corrected chi connectivity index (χ3v) is 5.10. The lowest BCUT2D eigenvalue weighted by atomic mass is 10.1. The summed E-state index contributed by atoms with van der Waals surface area (Å²) in [5.41, 5.74) is 0. The van der Waals surface area contributed by atoms with Gasteiger partial charge in [-0.3, -0.25) is 9.89 Å². The lowest BCUT2D eigenvalue weighted by molar-refractivity contribution is 0.265. The number of likely N-dealkylation sites (tertiary alicyclic amines) is 1. The Morgan fingerprint density at radius 3 is 2.86 bits per heavy atom. The third kappa shape index (κ3) is 4.71. The maximum Gasteiger partial charge on any atom is 0.191 e. The van der Waals surface area contributed by atoms with Crippen molar-refractivity contribution >= 4 is 17.3 Å². The number of aliphatic imine (C=N–C) groups is 1. The van der Waals surface area contributed by atoms with Crippen LogP contribution in [0.25, 0.3) is 0 Å². The smallest absolute Gasteiger partial charge is 0.191 e. The fraction of sp³-hybridized carbons (Fsp3) is 0.688. The molecule has 4 nitrogen and oxygen atoms in total. The molecule has 0 saturated carbocycles. The van der Waals surface area contributed by atoms with Gasteiger partial charge < -0.3 is 10.6 Å². The van der Waals surface area contributed by atoms with Gasteiger partial charge in [0.15, 0.2) is 5.96 Å². The molecule has 2 N–H and O–H groups in total. The van der Waals surface area contributed by atoms with Gasteiger partial charge in [-0.1, -0.05) is 13.0 Å². The van der Waals surface area contributed by atoms with Gasteiger partial charge in [-0.2, -0.15) is 0 Å². The van der Waals surface area contributed by atoms with Crippen LogP contribution >= 0.6 is 11.3 Å². The van der Waals surface area contributed by atoms with Gasteiger partial charge in [-0.05, 0) is 37.6 Å². The molecule has 118 valence electrons. The van der Waals surface area contributed by atoms with Crippen LogP contribution in [-0.2, 0) is 6.42 Å². The molecule has 1 aromatic heterocycles. The third-order valence-electron chi connectivity index (χ3n) is 4.16. The van der Waals surface area contributed by atoms with Crippen LogP contribution < -0.4 is 10.6 Å². The van der Waals surface area contributed by atoms with Crippen molar-refractivity contribution in [2.24, 2.45) is 10.9 Å². The van der Waals surface area contributed by atoms with Gasteiger partial charge in [0.1, 0.15) is 0 Å². The summed E-state index contributed by atoms with van der Waals surface area (Å²) in [4.78, 5) is 8.30. The second-order valence-corrected chi connectivity index (χ2v) is 7.14. The molecule has 5 heteroatoms. The first-order valence-electron chi connectivity index (χ1n) is 7.83. The van der Waals surface area contributed by atoms with Crippen LogP contribution in [0.4, 0.5) is 0 Å². The molecule has 21 heavy (non-hydrogen) atoms. The molecule has 0 aromatic carbocycles. The zero-order valence-electron chi connectivity index (χ0n) is 13.6. The van der Waals surface area contributed by atoms with E-state index in [9.17, 15) is 0 Å². The number of thiophene rings is 1. The Balaban J connectivity index is 1.77. The van der Waals surface area contributed by atoms with Gasteiger partial charge in [0.05, 0.1) is 0 Å². The average molecular weight is 308 g/mol. The number of guanidine groups is 1. The molecule has 1 aromatic rings. The average Bonchev–Trinajstić information content (AvgIpc) is 3.08. The highest BCUT2D eigenvalue weighted by Gasteiger charge is 2.31. The summed E-state index contributed by atoms with van der Waals surface area (Å²) in [5.74, 6) is 1.58. The fourth-order valence-electron chi connectivity index (χ4n) is 2.74. The zero-order chi connectivity index (χ0) is 15.2. The number of nitrogens with one attached hydrogen (secondary N) is 2. The van der Waals surface area contributed by atoms with Crippen molar-refractivity contribution in [2.75, 3.05) is 26.7 Å². The van der Waals surface area contributed by atoms with Crippen molar-refractivity contribution in [3.8, 4) is 0 Å². The summed E-state index contributed by atoms with van der Waals surface area (Å²) < 4.78 is 0. The fourth-order valence-corrected chi connectivity index (χ4v) is 3.45. The lowest BCUT2D eigenvalue weighted by Gasteiger charge is -2.21. The summed E-state index contributed by atoms with van der Waals surface area (Å²) in [7, 11) is 1.85. The molecule has 0 aliphatic carbocycles. The van der Waals surface area contributed by atoms with Crippen LogP contribution in [0.5, 0.6) is 0 Å². The van der Waals surface area contributed by atoms with Crippen LogP contribution in [0.15, 0.2) is 22.5 Å². The summed E-state index contributed by atoms with van der Waals surface area (Å²) in [5, 5.41) is 9.14. The molecule has 2 rings (SSSR count). The number of hydrogen-bond donors (Lipinski definition) is 2. The first-order chi connectivity index (χ1) is 10.1. The molecule has 2 atom stereocenters. The highest BCUT2D eigenvalue weighted by atomic mass is 32.1. The first-order valence-corrected chi connectivity index (χ1v) is 8.71. The maximum atomic E-state index is 4.35. The van der Waals surface area contributed by atoms with Crippen LogP contribution in [0.2, 0.25) is 0 Å². The van der Waals surface area contributed by atoms with Gasteiger partial charge in [0.25, 0.3) is 0 Å². The number of nitrogens with zero attached hydrogens (tertiary/aromatic N) is 2. The Hall–Kier alpha value is -1.07. The molecule has 1 aliphatic rings. The molecular formula is C16H28N4S. The van der Waals surface area contributed by atoms with Crippen molar-refractivity contribution in [3.63, 3.8) is 0 Å². The standard InChI is InChI=1S/C16H28N4S/c1-12(2)20-10-13(3)15(11-20)19-16(17-4)18-8-7-14-6-5-9-21-14/h5-6,9,12-13,15H,7-8,10-11H2,1-4H3,(H2,17,18,19). The van der Waals surface area contributed by atoms with E-state index in [1.807, 2.05) is 18.4 Å². The molecule has 2 heterocycles. The summed E-state index contributed by atoms with van der Waals surface area (Å²) in [6, 6.07) is 5.39. The molecule has 1 fully saturated rings. The van der Waals surface area contributed by atoms with Crippen molar-refractivity contribution < 1.29 is 0 Å². The SMILES string of the molecule is CN=C(NCCc1cccs1)NC1CN(C(C)C)CC1C. The Kier molecular flexibility index (Phi) is 6.06. The van der Waals surface area contributed by atoms with E-state index in [1.54, 1.807) is 0 Å². The predicted molar refractivity (Wildman–Crippen MR) is 92.2 cm³/mol. The normalized spacial score (nSPS) is 23.8. The van der Waals surface area contributed by atoms with Gasteiger partial charge in [-0.25, -0.2) is 0 Å². The Labute approximate surface area is 132 Å². The molecule has 0 amide bonds. The van der Waals surface area contributed by atoms with Crippen molar-refractivity contribution in [1.29, 1.82) is 0 Å². The van der Waals surface area contributed by atoms with Gasteiger partial charge in [-0.15, -0.1) is 11.3 Å². The predicted octanol–water partition coefficient (Wildman–Crippen LogP) is 2.18. The Morgan fingerprint density at radius 1 is 1.48 bits per heavy atom. The van der Waals surface area contributed by atoms with E-state index in [4.69, 9.17) is 0 Å². The molecule has 0 radical (unpaired) electrons. The summed E-state index contributed by atoms with van der Waals surface area (Å²) in [6.07, 6.45) is 1.05. The monoisotopic (exact) mass is 308 g/mol. The first kappa shape index (κ1) is 16.3. The van der Waals surface area contributed by atoms with Gasteiger partial charge >= 0.3 is 0 Å². The van der Waals surface area contributed by atoms with E-state index >= 15 is 0 Å². The van der Waals surface area contributed by atoms with Crippen LogP contribution in [-0.4, -0.2) is 49.6 Å². The van der Waals surface area contributed by atoms with E-state index in [0.717, 1.165) is 25.5 Å². The van der Waals surface area contributed by atoms with Gasteiger partial charge in [0.2, 0.25) is 0 Å². The largest absolute Gasteiger partial charge is 0.356 e. The van der Waals surface area contributed by atoms with E-state index in [1.165, 1.54) is 11.4 Å². The molecule has 0 spiro atoms. The molecular weight excluding hydrogens is 280 g/mol. The van der Waals surface area contributed by atoms with Crippen LogP contribution in [0.3, 0.4) is 0 Å². The quantitative estimate of drug-likeness (QED) is 0.647. The minimum absolute atomic E-state index is 0.486.